The third-order valence-electron chi connectivity index (χ3n) is 2.69. The van der Waals surface area contributed by atoms with E-state index in [1.807, 2.05) is 22.6 Å². The second kappa shape index (κ2) is 7.53. The third kappa shape index (κ3) is 5.30. The molecule has 1 fully saturated rings. The molecule has 21 heavy (non-hydrogen) atoms. The Morgan fingerprint density at radius 1 is 1.43 bits per heavy atom. The van der Waals surface area contributed by atoms with Gasteiger partial charge in [-0.15, -0.1) is 0 Å². The number of anilines is 1. The predicted molar refractivity (Wildman–Crippen MR) is 96.7 cm³/mol. The van der Waals surface area contributed by atoms with Gasteiger partial charge in [-0.3, -0.25) is 0 Å². The fraction of sp³-hybridized carbons (Fsp3) is 0.364. The zero-order chi connectivity index (χ0) is 15.5. The molecule has 0 amide bonds. The quantitative estimate of drug-likeness (QED) is 0.404. The molecule has 1 aliphatic rings. The van der Waals surface area contributed by atoms with Crippen molar-refractivity contribution in [2.24, 2.45) is 5.14 Å². The monoisotopic (exact) mass is 459 g/mol. The molecule has 0 bridgehead atoms. The molecule has 0 unspecified atom stereocenters. The highest BCUT2D eigenvalue weighted by Gasteiger charge is 2.15. The lowest BCUT2D eigenvalue weighted by atomic mass is 10.3. The molecule has 0 saturated carbocycles. The maximum Gasteiger partial charge on any atom is 0.238 e. The lowest BCUT2D eigenvalue weighted by Crippen LogP contribution is -2.32. The molecule has 0 aromatic heterocycles. The van der Waals surface area contributed by atoms with Gasteiger partial charge in [0.1, 0.15) is 0 Å². The molecule has 0 radical (unpaired) electrons. The molecule has 2 rings (SSSR count). The van der Waals surface area contributed by atoms with Crippen LogP contribution in [0.4, 0.5) is 5.69 Å². The summed E-state index contributed by atoms with van der Waals surface area (Å²) in [4.78, 5) is 0.0872. The standard InChI is InChI=1S/C11H14IN3O3S3/c12-9-7-8(21(13,16)17)1-2-10(9)14-11(19)20-15-3-5-18-6-4-15/h1-2,7H,3-6H2,(H,14,19)(H2,13,16,17). The van der Waals surface area contributed by atoms with Crippen LogP contribution < -0.4 is 10.5 Å². The molecule has 1 saturated heterocycles. The molecule has 1 heterocycles. The second-order valence-corrected chi connectivity index (χ2v) is 8.73. The van der Waals surface area contributed by atoms with E-state index in [1.165, 1.54) is 24.1 Å². The minimum absolute atomic E-state index is 0.0872. The Morgan fingerprint density at radius 3 is 2.67 bits per heavy atom. The maximum absolute atomic E-state index is 11.3. The highest BCUT2D eigenvalue weighted by Crippen LogP contribution is 2.24. The van der Waals surface area contributed by atoms with E-state index >= 15 is 0 Å². The van der Waals surface area contributed by atoms with E-state index in [0.717, 1.165) is 22.3 Å². The zero-order valence-electron chi connectivity index (χ0n) is 10.9. The van der Waals surface area contributed by atoms with Crippen LogP contribution >= 0.6 is 46.8 Å². The number of nitrogens with two attached hydrogens (primary N) is 1. The molecule has 0 aliphatic carbocycles. The summed E-state index contributed by atoms with van der Waals surface area (Å²) in [5.41, 5.74) is 0.758. The number of sulfonamides is 1. The Labute approximate surface area is 147 Å². The van der Waals surface area contributed by atoms with E-state index in [2.05, 4.69) is 9.62 Å². The van der Waals surface area contributed by atoms with Crippen molar-refractivity contribution in [1.82, 2.24) is 4.31 Å². The first kappa shape index (κ1) is 17.4. The predicted octanol–water partition coefficient (Wildman–Crippen LogP) is 1.62. The van der Waals surface area contributed by atoms with Gasteiger partial charge in [-0.25, -0.2) is 17.9 Å². The summed E-state index contributed by atoms with van der Waals surface area (Å²) in [6.07, 6.45) is 0. The van der Waals surface area contributed by atoms with Crippen LogP contribution in [-0.2, 0) is 14.8 Å². The van der Waals surface area contributed by atoms with Crippen LogP contribution in [0.15, 0.2) is 23.1 Å². The zero-order valence-corrected chi connectivity index (χ0v) is 15.5. The maximum atomic E-state index is 11.3. The molecular weight excluding hydrogens is 445 g/mol. The van der Waals surface area contributed by atoms with Crippen molar-refractivity contribution in [3.05, 3.63) is 21.8 Å². The van der Waals surface area contributed by atoms with Gasteiger partial charge in [-0.2, -0.15) is 0 Å². The van der Waals surface area contributed by atoms with Gasteiger partial charge in [0.2, 0.25) is 10.0 Å². The number of nitrogens with one attached hydrogen (secondary N) is 1. The average molecular weight is 459 g/mol. The molecule has 1 aromatic rings. The number of hydrogen-bond donors (Lipinski definition) is 2. The number of ether oxygens (including phenoxy) is 1. The Kier molecular flexibility index (Phi) is 6.23. The molecule has 6 nitrogen and oxygen atoms in total. The Bertz CT molecular complexity index is 633. The van der Waals surface area contributed by atoms with Crippen LogP contribution in [0, 0.1) is 3.57 Å². The van der Waals surface area contributed by atoms with E-state index < -0.39 is 10.0 Å². The van der Waals surface area contributed by atoms with Gasteiger partial charge in [-0.1, -0.05) is 12.2 Å². The Morgan fingerprint density at radius 2 is 2.10 bits per heavy atom. The number of benzene rings is 1. The van der Waals surface area contributed by atoms with Gasteiger partial charge in [0, 0.05) is 16.7 Å². The van der Waals surface area contributed by atoms with Crippen molar-refractivity contribution in [2.45, 2.75) is 4.90 Å². The lowest BCUT2D eigenvalue weighted by molar-refractivity contribution is 0.0778. The van der Waals surface area contributed by atoms with Crippen molar-refractivity contribution in [1.29, 1.82) is 0 Å². The fourth-order valence-corrected chi connectivity index (χ4v) is 4.21. The van der Waals surface area contributed by atoms with E-state index in [-0.39, 0.29) is 4.90 Å². The van der Waals surface area contributed by atoms with Crippen LogP contribution in [0.3, 0.4) is 0 Å². The van der Waals surface area contributed by atoms with Crippen LogP contribution in [0.2, 0.25) is 0 Å². The molecular formula is C11H14IN3O3S3. The molecule has 3 N–H and O–H groups in total. The molecule has 10 heteroatoms. The summed E-state index contributed by atoms with van der Waals surface area (Å²) < 4.78 is 31.3. The van der Waals surface area contributed by atoms with E-state index in [9.17, 15) is 8.42 Å². The molecule has 1 aromatic carbocycles. The summed E-state index contributed by atoms with van der Waals surface area (Å²) in [6, 6.07) is 4.63. The number of nitrogens with zero attached hydrogens (tertiary/aromatic N) is 1. The van der Waals surface area contributed by atoms with Gasteiger partial charge in [0.15, 0.2) is 4.32 Å². The van der Waals surface area contributed by atoms with Gasteiger partial charge >= 0.3 is 0 Å². The third-order valence-corrected chi connectivity index (χ3v) is 5.71. The first-order valence-electron chi connectivity index (χ1n) is 6.00. The van der Waals surface area contributed by atoms with Crippen LogP contribution in [0.5, 0.6) is 0 Å². The van der Waals surface area contributed by atoms with Gasteiger partial charge in [0.25, 0.3) is 0 Å². The SMILES string of the molecule is NS(=O)(=O)c1ccc(NC(=S)SN2CCOCC2)c(I)c1. The highest BCUT2D eigenvalue weighted by atomic mass is 127. The van der Waals surface area contributed by atoms with Crippen molar-refractivity contribution in [2.75, 3.05) is 31.6 Å². The van der Waals surface area contributed by atoms with E-state index in [1.54, 1.807) is 6.07 Å². The van der Waals surface area contributed by atoms with Crippen LogP contribution in [-0.4, -0.2) is 43.3 Å². The minimum Gasteiger partial charge on any atom is -0.379 e. The topological polar surface area (TPSA) is 84.7 Å². The van der Waals surface area contributed by atoms with E-state index in [0.29, 0.717) is 17.5 Å². The molecule has 116 valence electrons. The fourth-order valence-electron chi connectivity index (χ4n) is 1.66. The summed E-state index contributed by atoms with van der Waals surface area (Å²) in [5, 5.41) is 8.21. The van der Waals surface area contributed by atoms with Crippen molar-refractivity contribution >= 4 is 66.8 Å². The lowest BCUT2D eigenvalue weighted by Gasteiger charge is -2.25. The first-order valence-corrected chi connectivity index (χ1v) is 9.81. The smallest absolute Gasteiger partial charge is 0.238 e. The van der Waals surface area contributed by atoms with Crippen molar-refractivity contribution in [3.63, 3.8) is 0 Å². The number of hydrogen-bond acceptors (Lipinski definition) is 6. The normalized spacial score (nSPS) is 16.7. The van der Waals surface area contributed by atoms with Gasteiger partial charge in [-0.05, 0) is 52.7 Å². The van der Waals surface area contributed by atoms with Crippen molar-refractivity contribution < 1.29 is 13.2 Å². The van der Waals surface area contributed by atoms with E-state index in [4.69, 9.17) is 22.1 Å². The number of primary sulfonamides is 1. The largest absolute Gasteiger partial charge is 0.379 e. The minimum atomic E-state index is -3.69. The Balaban J connectivity index is 2.00. The van der Waals surface area contributed by atoms with Gasteiger partial charge in [0.05, 0.1) is 23.8 Å². The summed E-state index contributed by atoms with van der Waals surface area (Å²) in [7, 11) is -3.69. The average Bonchev–Trinajstić information content (AvgIpc) is 2.41. The molecule has 0 atom stereocenters. The number of thiocarbonyl (C=S) groups is 1. The summed E-state index contributed by atoms with van der Waals surface area (Å²) >= 11 is 8.81. The highest BCUT2D eigenvalue weighted by molar-refractivity contribution is 14.1. The van der Waals surface area contributed by atoms with Crippen molar-refractivity contribution in [3.8, 4) is 0 Å². The first-order chi connectivity index (χ1) is 9.86. The number of morpholine rings is 1. The molecule has 1 aliphatic heterocycles. The van der Waals surface area contributed by atoms with Crippen LogP contribution in [0.1, 0.15) is 0 Å². The summed E-state index contributed by atoms with van der Waals surface area (Å²) in [6.45, 7) is 3.06. The molecule has 0 spiro atoms. The number of rotatable bonds is 3. The second-order valence-electron chi connectivity index (χ2n) is 4.23. The Hall–Kier alpha value is 0.0200. The number of halogens is 1. The van der Waals surface area contributed by atoms with Crippen LogP contribution in [0.25, 0.3) is 0 Å². The summed E-state index contributed by atoms with van der Waals surface area (Å²) in [5.74, 6) is 0. The van der Waals surface area contributed by atoms with Gasteiger partial charge < -0.3 is 10.1 Å².